The molecule has 0 radical (unpaired) electrons. The monoisotopic (exact) mass is 267 g/mol. The zero-order chi connectivity index (χ0) is 13.9. The number of hydrogen-bond donors (Lipinski definition) is 1. The van der Waals surface area contributed by atoms with Crippen molar-refractivity contribution in [2.75, 3.05) is 6.54 Å². The van der Waals surface area contributed by atoms with Gasteiger partial charge in [0.25, 0.3) is 0 Å². The van der Waals surface area contributed by atoms with Gasteiger partial charge in [0.2, 0.25) is 5.91 Å². The zero-order valence-corrected chi connectivity index (χ0v) is 11.9. The lowest BCUT2D eigenvalue weighted by molar-refractivity contribution is -0.160. The molecule has 108 valence electrons. The van der Waals surface area contributed by atoms with Crippen LogP contribution in [0.4, 0.5) is 0 Å². The van der Waals surface area contributed by atoms with E-state index in [0.29, 0.717) is 18.9 Å². The first-order chi connectivity index (χ1) is 9.09. The smallest absolute Gasteiger partial charge is 0.310 e. The maximum atomic E-state index is 12.5. The number of rotatable bonds is 5. The van der Waals surface area contributed by atoms with Gasteiger partial charge in [-0.05, 0) is 38.5 Å². The molecule has 1 saturated heterocycles. The van der Waals surface area contributed by atoms with Crippen molar-refractivity contribution in [3.8, 4) is 0 Å². The normalized spacial score (nSPS) is 25.7. The molecular formula is C15H25NO3. The Balaban J connectivity index is 1.99. The van der Waals surface area contributed by atoms with Gasteiger partial charge in [-0.15, -0.1) is 0 Å². The summed E-state index contributed by atoms with van der Waals surface area (Å²) >= 11 is 0. The van der Waals surface area contributed by atoms with Crippen LogP contribution in [0, 0.1) is 5.41 Å². The molecule has 1 aliphatic heterocycles. The van der Waals surface area contributed by atoms with E-state index < -0.39 is 11.4 Å². The van der Waals surface area contributed by atoms with Gasteiger partial charge < -0.3 is 10.0 Å². The number of aliphatic carboxylic acids is 1. The molecule has 0 aromatic rings. The Morgan fingerprint density at radius 1 is 1.26 bits per heavy atom. The van der Waals surface area contributed by atoms with Gasteiger partial charge in [0.1, 0.15) is 0 Å². The number of carboxylic acids is 1. The fourth-order valence-corrected chi connectivity index (χ4v) is 3.42. The van der Waals surface area contributed by atoms with Crippen LogP contribution in [0.2, 0.25) is 0 Å². The lowest BCUT2D eigenvalue weighted by Gasteiger charge is -2.41. The predicted octanol–water partition coefficient (Wildman–Crippen LogP) is 2.81. The van der Waals surface area contributed by atoms with E-state index in [1.165, 1.54) is 6.42 Å². The van der Waals surface area contributed by atoms with Crippen molar-refractivity contribution in [2.24, 2.45) is 5.41 Å². The van der Waals surface area contributed by atoms with E-state index >= 15 is 0 Å². The van der Waals surface area contributed by atoms with Crippen molar-refractivity contribution in [3.05, 3.63) is 0 Å². The van der Waals surface area contributed by atoms with Crippen LogP contribution in [-0.4, -0.2) is 34.5 Å². The van der Waals surface area contributed by atoms with Crippen molar-refractivity contribution in [1.29, 1.82) is 0 Å². The van der Waals surface area contributed by atoms with E-state index in [-0.39, 0.29) is 12.3 Å². The fourth-order valence-electron chi connectivity index (χ4n) is 3.42. The molecule has 1 N–H and O–H groups in total. The number of carboxylic acid groups (broad SMARTS) is 1. The number of piperidine rings is 1. The number of amides is 1. The lowest BCUT2D eigenvalue weighted by Crippen LogP contribution is -2.48. The maximum absolute atomic E-state index is 12.5. The first-order valence-corrected chi connectivity index (χ1v) is 7.62. The lowest BCUT2D eigenvalue weighted by atomic mass is 9.66. The SMILES string of the molecule is CCCC1CCCCN1C(=O)CC1(C(=O)O)CCC1. The highest BCUT2D eigenvalue weighted by Crippen LogP contribution is 2.45. The zero-order valence-electron chi connectivity index (χ0n) is 11.9. The Morgan fingerprint density at radius 2 is 2.00 bits per heavy atom. The molecule has 2 aliphatic rings. The van der Waals surface area contributed by atoms with Crippen LogP contribution in [-0.2, 0) is 9.59 Å². The summed E-state index contributed by atoms with van der Waals surface area (Å²) in [5, 5.41) is 9.33. The Kier molecular flexibility index (Phi) is 4.48. The van der Waals surface area contributed by atoms with Crippen molar-refractivity contribution in [2.45, 2.75) is 70.8 Å². The van der Waals surface area contributed by atoms with Crippen LogP contribution >= 0.6 is 0 Å². The molecule has 4 heteroatoms. The molecule has 0 aromatic heterocycles. The van der Waals surface area contributed by atoms with Crippen LogP contribution in [0.25, 0.3) is 0 Å². The third-order valence-electron chi connectivity index (χ3n) is 4.82. The molecule has 2 rings (SSSR count). The minimum Gasteiger partial charge on any atom is -0.481 e. The van der Waals surface area contributed by atoms with E-state index in [2.05, 4.69) is 6.92 Å². The van der Waals surface area contributed by atoms with Crippen LogP contribution in [0.15, 0.2) is 0 Å². The summed E-state index contributed by atoms with van der Waals surface area (Å²) in [6, 6.07) is 0.345. The van der Waals surface area contributed by atoms with Gasteiger partial charge in [0.15, 0.2) is 0 Å². The van der Waals surface area contributed by atoms with E-state index in [4.69, 9.17) is 0 Å². The number of carbonyl (C=O) groups excluding carboxylic acids is 1. The average Bonchev–Trinajstić information content (AvgIpc) is 2.34. The quantitative estimate of drug-likeness (QED) is 0.833. The van der Waals surface area contributed by atoms with E-state index in [1.54, 1.807) is 0 Å². The molecule has 1 amide bonds. The number of hydrogen-bond acceptors (Lipinski definition) is 2. The second-order valence-electron chi connectivity index (χ2n) is 6.14. The standard InChI is InChI=1S/C15H25NO3/c1-2-6-12-7-3-4-10-16(12)13(17)11-15(14(18)19)8-5-9-15/h12H,2-11H2,1H3,(H,18,19). The molecule has 1 unspecified atom stereocenters. The number of nitrogens with zero attached hydrogens (tertiary/aromatic N) is 1. The van der Waals surface area contributed by atoms with Crippen LogP contribution in [0.5, 0.6) is 0 Å². The molecule has 19 heavy (non-hydrogen) atoms. The second-order valence-corrected chi connectivity index (χ2v) is 6.14. The first-order valence-electron chi connectivity index (χ1n) is 7.62. The summed E-state index contributed by atoms with van der Waals surface area (Å²) < 4.78 is 0. The highest BCUT2D eigenvalue weighted by molar-refractivity contribution is 5.85. The van der Waals surface area contributed by atoms with E-state index in [0.717, 1.165) is 38.6 Å². The molecule has 1 aliphatic carbocycles. The minimum atomic E-state index is -0.781. The predicted molar refractivity (Wildman–Crippen MR) is 72.8 cm³/mol. The highest BCUT2D eigenvalue weighted by atomic mass is 16.4. The van der Waals surface area contributed by atoms with Gasteiger partial charge in [0, 0.05) is 19.0 Å². The van der Waals surface area contributed by atoms with Gasteiger partial charge in [0.05, 0.1) is 5.41 Å². The molecule has 0 bridgehead atoms. The Morgan fingerprint density at radius 3 is 2.53 bits per heavy atom. The minimum absolute atomic E-state index is 0.0697. The van der Waals surface area contributed by atoms with Gasteiger partial charge in [-0.2, -0.15) is 0 Å². The average molecular weight is 267 g/mol. The molecular weight excluding hydrogens is 242 g/mol. The van der Waals surface area contributed by atoms with Crippen molar-refractivity contribution in [3.63, 3.8) is 0 Å². The van der Waals surface area contributed by atoms with E-state index in [9.17, 15) is 14.7 Å². The second kappa shape index (κ2) is 5.93. The molecule has 1 heterocycles. The maximum Gasteiger partial charge on any atom is 0.310 e. The summed E-state index contributed by atoms with van der Waals surface area (Å²) in [4.78, 5) is 25.8. The Bertz CT molecular complexity index is 347. The van der Waals surface area contributed by atoms with Crippen molar-refractivity contribution in [1.82, 2.24) is 4.90 Å². The summed E-state index contributed by atoms with van der Waals surface area (Å²) in [6.07, 6.45) is 7.95. The van der Waals surface area contributed by atoms with Gasteiger partial charge in [-0.3, -0.25) is 9.59 Å². The fraction of sp³-hybridized carbons (Fsp3) is 0.867. The molecule has 0 aromatic carbocycles. The summed E-state index contributed by atoms with van der Waals surface area (Å²) in [7, 11) is 0. The Labute approximate surface area is 115 Å². The Hall–Kier alpha value is -1.06. The summed E-state index contributed by atoms with van der Waals surface area (Å²) in [5.41, 5.74) is -0.745. The number of carbonyl (C=O) groups is 2. The van der Waals surface area contributed by atoms with Crippen LogP contribution < -0.4 is 0 Å². The van der Waals surface area contributed by atoms with Gasteiger partial charge in [-0.1, -0.05) is 19.8 Å². The third kappa shape index (κ3) is 2.93. The van der Waals surface area contributed by atoms with Crippen LogP contribution in [0.3, 0.4) is 0 Å². The van der Waals surface area contributed by atoms with Crippen molar-refractivity contribution >= 4 is 11.9 Å². The van der Waals surface area contributed by atoms with Crippen LogP contribution in [0.1, 0.15) is 64.7 Å². The van der Waals surface area contributed by atoms with Gasteiger partial charge in [-0.25, -0.2) is 0 Å². The highest BCUT2D eigenvalue weighted by Gasteiger charge is 2.47. The third-order valence-corrected chi connectivity index (χ3v) is 4.82. The first kappa shape index (κ1) is 14.4. The van der Waals surface area contributed by atoms with E-state index in [1.807, 2.05) is 4.90 Å². The van der Waals surface area contributed by atoms with Gasteiger partial charge >= 0.3 is 5.97 Å². The molecule has 0 spiro atoms. The molecule has 1 saturated carbocycles. The number of likely N-dealkylation sites (tertiary alicyclic amines) is 1. The largest absolute Gasteiger partial charge is 0.481 e. The molecule has 1 atom stereocenters. The summed E-state index contributed by atoms with van der Waals surface area (Å²) in [5.74, 6) is -0.712. The summed E-state index contributed by atoms with van der Waals surface area (Å²) in [6.45, 7) is 2.96. The molecule has 4 nitrogen and oxygen atoms in total. The topological polar surface area (TPSA) is 57.6 Å². The van der Waals surface area contributed by atoms with Crippen molar-refractivity contribution < 1.29 is 14.7 Å². The molecule has 2 fully saturated rings.